The highest BCUT2D eigenvalue weighted by Crippen LogP contribution is 2.17. The molecule has 13 heavy (non-hydrogen) atoms. The van der Waals surface area contributed by atoms with E-state index < -0.39 is 11.9 Å². The average Bonchev–Trinajstić information content (AvgIpc) is 2.85. The van der Waals surface area contributed by atoms with Crippen LogP contribution in [0.25, 0.3) is 0 Å². The molecule has 72 valence electrons. The van der Waals surface area contributed by atoms with E-state index in [1.807, 2.05) is 0 Å². The first-order valence-corrected chi connectivity index (χ1v) is 3.58. The van der Waals surface area contributed by atoms with Gasteiger partial charge in [0.25, 0.3) is 0 Å². The SMILES string of the molecule is CC(=N\O)/C(=N\O)N1CC1C(N)=O. The van der Waals surface area contributed by atoms with Crippen LogP contribution in [-0.2, 0) is 4.79 Å². The number of nitrogens with two attached hydrogens (primary N) is 1. The second-order valence-electron chi connectivity index (χ2n) is 2.68. The van der Waals surface area contributed by atoms with Crippen LogP contribution in [0.2, 0.25) is 0 Å². The number of carbonyl (C=O) groups excluding carboxylic acids is 1. The van der Waals surface area contributed by atoms with Crippen LogP contribution >= 0.6 is 0 Å². The van der Waals surface area contributed by atoms with Crippen molar-refractivity contribution in [3.8, 4) is 0 Å². The summed E-state index contributed by atoms with van der Waals surface area (Å²) in [5, 5.41) is 22.7. The smallest absolute Gasteiger partial charge is 0.242 e. The number of nitrogens with zero attached hydrogens (tertiary/aromatic N) is 3. The Bertz CT molecular complexity index is 286. The Hall–Kier alpha value is -1.79. The zero-order chi connectivity index (χ0) is 10.0. The fourth-order valence-corrected chi connectivity index (χ4v) is 0.999. The van der Waals surface area contributed by atoms with Crippen molar-refractivity contribution in [2.75, 3.05) is 6.54 Å². The molecule has 0 radical (unpaired) electrons. The Morgan fingerprint density at radius 1 is 1.54 bits per heavy atom. The van der Waals surface area contributed by atoms with Crippen molar-refractivity contribution in [2.24, 2.45) is 16.0 Å². The molecule has 1 atom stereocenters. The van der Waals surface area contributed by atoms with Crippen LogP contribution in [0.4, 0.5) is 0 Å². The fourth-order valence-electron chi connectivity index (χ4n) is 0.999. The van der Waals surface area contributed by atoms with Gasteiger partial charge in [0, 0.05) is 6.54 Å². The molecular formula is C6H10N4O3. The summed E-state index contributed by atoms with van der Waals surface area (Å²) in [7, 11) is 0. The summed E-state index contributed by atoms with van der Waals surface area (Å²) < 4.78 is 0. The number of amidine groups is 1. The molecule has 1 aliphatic heterocycles. The standard InChI is InChI=1S/C6H10N4O3/c1-3(8-12)6(9-13)10-2-4(10)5(7)11/h4,12-13H,2H2,1H3,(H2,7,11)/b8-3+,9-6+. The topological polar surface area (TPSA) is 111 Å². The van der Waals surface area contributed by atoms with E-state index in [4.69, 9.17) is 16.1 Å². The number of hydrogen-bond donors (Lipinski definition) is 3. The molecule has 0 aromatic carbocycles. The fraction of sp³-hybridized carbons (Fsp3) is 0.500. The van der Waals surface area contributed by atoms with Gasteiger partial charge in [-0.25, -0.2) is 0 Å². The molecule has 0 saturated carbocycles. The highest BCUT2D eigenvalue weighted by Gasteiger charge is 2.42. The Labute approximate surface area is 74.1 Å². The molecule has 1 heterocycles. The van der Waals surface area contributed by atoms with E-state index in [1.54, 1.807) is 0 Å². The average molecular weight is 186 g/mol. The minimum atomic E-state index is -0.494. The van der Waals surface area contributed by atoms with Crippen LogP contribution in [0.1, 0.15) is 6.92 Å². The van der Waals surface area contributed by atoms with Gasteiger partial charge in [0.05, 0.1) is 0 Å². The first kappa shape index (κ1) is 9.30. The zero-order valence-electron chi connectivity index (χ0n) is 7.01. The highest BCUT2D eigenvalue weighted by atomic mass is 16.4. The molecule has 1 fully saturated rings. The lowest BCUT2D eigenvalue weighted by molar-refractivity contribution is -0.117. The first-order valence-electron chi connectivity index (χ1n) is 3.58. The van der Waals surface area contributed by atoms with Crippen molar-refractivity contribution >= 4 is 17.5 Å². The van der Waals surface area contributed by atoms with E-state index in [0.717, 1.165) is 0 Å². The van der Waals surface area contributed by atoms with E-state index >= 15 is 0 Å². The van der Waals surface area contributed by atoms with Gasteiger partial charge in [-0.15, -0.1) is 0 Å². The molecule has 1 saturated heterocycles. The van der Waals surface area contributed by atoms with Gasteiger partial charge in [0.2, 0.25) is 5.91 Å². The third-order valence-corrected chi connectivity index (χ3v) is 1.78. The first-order chi connectivity index (χ1) is 6.11. The maximum atomic E-state index is 10.6. The number of rotatable bonds is 2. The summed E-state index contributed by atoms with van der Waals surface area (Å²) in [5.41, 5.74) is 5.13. The molecule has 1 aliphatic rings. The summed E-state index contributed by atoms with van der Waals surface area (Å²) in [4.78, 5) is 12.1. The highest BCUT2D eigenvalue weighted by molar-refractivity contribution is 6.41. The molecule has 0 spiro atoms. The van der Waals surface area contributed by atoms with Crippen molar-refractivity contribution in [1.82, 2.24) is 4.90 Å². The van der Waals surface area contributed by atoms with Gasteiger partial charge in [-0.2, -0.15) is 0 Å². The number of hydrogen-bond acceptors (Lipinski definition) is 5. The monoisotopic (exact) mass is 186 g/mol. The van der Waals surface area contributed by atoms with Crippen molar-refractivity contribution in [3.63, 3.8) is 0 Å². The summed E-state index contributed by atoms with van der Waals surface area (Å²) >= 11 is 0. The summed E-state index contributed by atoms with van der Waals surface area (Å²) in [6.07, 6.45) is 0. The van der Waals surface area contributed by atoms with Gasteiger partial charge in [0.15, 0.2) is 5.84 Å². The molecule has 1 amide bonds. The predicted octanol–water partition coefficient (Wildman–Crippen LogP) is -1.21. The minimum Gasteiger partial charge on any atom is -0.411 e. The van der Waals surface area contributed by atoms with Gasteiger partial charge in [-0.1, -0.05) is 10.3 Å². The molecule has 7 heteroatoms. The molecular weight excluding hydrogens is 176 g/mol. The Kier molecular flexibility index (Phi) is 2.36. The van der Waals surface area contributed by atoms with Crippen molar-refractivity contribution in [2.45, 2.75) is 13.0 Å². The van der Waals surface area contributed by atoms with Crippen LogP contribution in [0.15, 0.2) is 10.3 Å². The van der Waals surface area contributed by atoms with Crippen molar-refractivity contribution < 1.29 is 15.2 Å². The van der Waals surface area contributed by atoms with Crippen LogP contribution in [-0.4, -0.2) is 45.4 Å². The van der Waals surface area contributed by atoms with Gasteiger partial charge in [0.1, 0.15) is 11.8 Å². The van der Waals surface area contributed by atoms with Crippen molar-refractivity contribution in [3.05, 3.63) is 0 Å². The van der Waals surface area contributed by atoms with Gasteiger partial charge < -0.3 is 21.0 Å². The van der Waals surface area contributed by atoms with E-state index in [-0.39, 0.29) is 11.5 Å². The molecule has 0 bridgehead atoms. The lowest BCUT2D eigenvalue weighted by Gasteiger charge is -2.03. The van der Waals surface area contributed by atoms with Gasteiger partial charge >= 0.3 is 0 Å². The molecule has 4 N–H and O–H groups in total. The molecule has 0 aromatic rings. The third kappa shape index (κ3) is 1.68. The van der Waals surface area contributed by atoms with Crippen LogP contribution in [0.3, 0.4) is 0 Å². The second-order valence-corrected chi connectivity index (χ2v) is 2.68. The van der Waals surface area contributed by atoms with Crippen LogP contribution < -0.4 is 5.73 Å². The second kappa shape index (κ2) is 3.30. The molecule has 0 aromatic heterocycles. The summed E-state index contributed by atoms with van der Waals surface area (Å²) in [6.45, 7) is 1.84. The van der Waals surface area contributed by atoms with Gasteiger partial charge in [-0.3, -0.25) is 4.79 Å². The lowest BCUT2D eigenvalue weighted by Crippen LogP contribution is -2.28. The van der Waals surface area contributed by atoms with Gasteiger partial charge in [-0.05, 0) is 6.92 Å². The normalized spacial score (nSPS) is 23.2. The lowest BCUT2D eigenvalue weighted by atomic mass is 10.4. The number of carbonyl (C=O) groups is 1. The summed E-state index contributed by atoms with van der Waals surface area (Å²) in [6, 6.07) is -0.456. The Morgan fingerprint density at radius 2 is 2.15 bits per heavy atom. The quantitative estimate of drug-likeness (QED) is 0.165. The Morgan fingerprint density at radius 3 is 2.46 bits per heavy atom. The summed E-state index contributed by atoms with van der Waals surface area (Å²) in [5.74, 6) is -0.432. The zero-order valence-corrected chi connectivity index (χ0v) is 7.01. The molecule has 0 aliphatic carbocycles. The van der Waals surface area contributed by atoms with E-state index in [9.17, 15) is 4.79 Å². The predicted molar refractivity (Wildman–Crippen MR) is 43.8 cm³/mol. The molecule has 7 nitrogen and oxygen atoms in total. The third-order valence-electron chi connectivity index (χ3n) is 1.78. The maximum absolute atomic E-state index is 10.6. The van der Waals surface area contributed by atoms with E-state index in [0.29, 0.717) is 6.54 Å². The van der Waals surface area contributed by atoms with Crippen LogP contribution in [0.5, 0.6) is 0 Å². The van der Waals surface area contributed by atoms with E-state index in [1.165, 1.54) is 11.8 Å². The number of amides is 1. The maximum Gasteiger partial charge on any atom is 0.242 e. The minimum absolute atomic E-state index is 0.0614. The largest absolute Gasteiger partial charge is 0.411 e. The molecule has 1 rings (SSSR count). The Balaban J connectivity index is 2.69. The number of oxime groups is 2. The molecule has 1 unspecified atom stereocenters. The van der Waals surface area contributed by atoms with E-state index in [2.05, 4.69) is 10.3 Å². The van der Waals surface area contributed by atoms with Crippen molar-refractivity contribution in [1.29, 1.82) is 0 Å². The number of primary amides is 1. The van der Waals surface area contributed by atoms with Crippen LogP contribution in [0, 0.1) is 0 Å².